The molecule has 1 heteroatoms. The Morgan fingerprint density at radius 2 is 2.07 bits per heavy atom. The van der Waals surface area contributed by atoms with E-state index in [2.05, 4.69) is 29.5 Å². The summed E-state index contributed by atoms with van der Waals surface area (Å²) in [4.78, 5) is 0. The first-order valence-corrected chi connectivity index (χ1v) is 8.08. The Labute approximate surface area is 107 Å². The van der Waals surface area contributed by atoms with Gasteiger partial charge in [0.15, 0.2) is 0 Å². The molecule has 84 valence electrons. The van der Waals surface area contributed by atoms with Crippen LogP contribution in [0.15, 0.2) is 11.1 Å². The fraction of sp³-hybridized carbons (Fsp3) is 0.857. The lowest BCUT2D eigenvalue weighted by molar-refractivity contribution is 0.0153. The fourth-order valence-electron chi connectivity index (χ4n) is 3.87. The molecule has 2 saturated carbocycles. The predicted molar refractivity (Wildman–Crippen MR) is 73.2 cm³/mol. The first-order chi connectivity index (χ1) is 7.31. The summed E-state index contributed by atoms with van der Waals surface area (Å²) in [6.45, 7) is 2.37. The van der Waals surface area contributed by atoms with Crippen molar-refractivity contribution >= 4 is 22.6 Å². The number of hydrogen-bond donors (Lipinski definition) is 0. The zero-order chi connectivity index (χ0) is 10.4. The van der Waals surface area contributed by atoms with E-state index in [1.165, 1.54) is 30.1 Å². The van der Waals surface area contributed by atoms with Crippen LogP contribution in [0.2, 0.25) is 0 Å². The average molecular weight is 316 g/mol. The second-order valence-corrected chi connectivity index (χ2v) is 6.71. The lowest BCUT2D eigenvalue weighted by atomic mass is 9.52. The van der Waals surface area contributed by atoms with Crippen LogP contribution in [0.4, 0.5) is 0 Å². The Kier molecular flexibility index (Phi) is 2.86. The van der Waals surface area contributed by atoms with Crippen molar-refractivity contribution < 1.29 is 0 Å². The highest BCUT2D eigenvalue weighted by atomic mass is 127. The van der Waals surface area contributed by atoms with Crippen LogP contribution in [0, 0.1) is 23.7 Å². The fourth-order valence-corrected chi connectivity index (χ4v) is 4.82. The standard InChI is InChI=1S/C14H21I/c1-9-5-6-12(9)13-7-11(8-15)14(13)10-3-2-4-10/h10-11,13-14H,2-8H2,1H3. The Bertz CT molecular complexity index is 283. The van der Waals surface area contributed by atoms with E-state index in [-0.39, 0.29) is 0 Å². The summed E-state index contributed by atoms with van der Waals surface area (Å²) in [5, 5.41) is 0. The largest absolute Gasteiger partial charge is 0.0861 e. The summed E-state index contributed by atoms with van der Waals surface area (Å²) in [7, 11) is 0. The molecule has 15 heavy (non-hydrogen) atoms. The third-order valence-corrected chi connectivity index (χ3v) is 6.35. The van der Waals surface area contributed by atoms with Gasteiger partial charge in [-0.05, 0) is 49.9 Å². The molecule has 0 amide bonds. The summed E-state index contributed by atoms with van der Waals surface area (Å²) < 4.78 is 1.40. The Morgan fingerprint density at radius 1 is 1.27 bits per heavy atom. The van der Waals surface area contributed by atoms with Crippen molar-refractivity contribution in [3.05, 3.63) is 11.1 Å². The minimum absolute atomic E-state index is 1.03. The molecule has 3 rings (SSSR count). The molecule has 0 aromatic rings. The highest BCUT2D eigenvalue weighted by molar-refractivity contribution is 14.1. The smallest absolute Gasteiger partial charge is 0.00268 e. The molecular formula is C14H21I. The maximum absolute atomic E-state index is 2.61. The molecule has 3 unspecified atom stereocenters. The van der Waals surface area contributed by atoms with Gasteiger partial charge in [0, 0.05) is 4.43 Å². The lowest BCUT2D eigenvalue weighted by Gasteiger charge is -2.54. The predicted octanol–water partition coefficient (Wildman–Crippen LogP) is 4.58. The minimum atomic E-state index is 1.03. The van der Waals surface area contributed by atoms with Gasteiger partial charge in [-0.15, -0.1) is 0 Å². The van der Waals surface area contributed by atoms with Crippen LogP contribution >= 0.6 is 22.6 Å². The number of allylic oxidation sites excluding steroid dienone is 2. The van der Waals surface area contributed by atoms with E-state index in [0.717, 1.165) is 23.7 Å². The third kappa shape index (κ3) is 1.60. The molecule has 0 nitrogen and oxygen atoms in total. The first kappa shape index (κ1) is 10.6. The van der Waals surface area contributed by atoms with E-state index in [4.69, 9.17) is 0 Å². The summed E-state index contributed by atoms with van der Waals surface area (Å²) in [5.74, 6) is 4.32. The van der Waals surface area contributed by atoms with E-state index in [1.54, 1.807) is 18.4 Å². The minimum Gasteiger partial charge on any atom is -0.0861 e. The van der Waals surface area contributed by atoms with E-state index in [0.29, 0.717) is 0 Å². The molecule has 0 N–H and O–H groups in total. The summed E-state index contributed by atoms with van der Waals surface area (Å²) in [6, 6.07) is 0. The normalized spacial score (nSPS) is 40.8. The van der Waals surface area contributed by atoms with Crippen LogP contribution in [0.5, 0.6) is 0 Å². The number of rotatable bonds is 3. The van der Waals surface area contributed by atoms with Crippen molar-refractivity contribution in [2.75, 3.05) is 4.43 Å². The molecule has 0 bridgehead atoms. The van der Waals surface area contributed by atoms with Gasteiger partial charge >= 0.3 is 0 Å². The second kappa shape index (κ2) is 4.05. The Morgan fingerprint density at radius 3 is 2.47 bits per heavy atom. The van der Waals surface area contributed by atoms with Crippen LogP contribution < -0.4 is 0 Å². The molecule has 0 aromatic carbocycles. The Balaban J connectivity index is 1.72. The molecule has 3 atom stereocenters. The average Bonchev–Trinajstić information content (AvgIpc) is 2.14. The van der Waals surface area contributed by atoms with Gasteiger partial charge in [0.2, 0.25) is 0 Å². The topological polar surface area (TPSA) is 0 Å². The van der Waals surface area contributed by atoms with Crippen molar-refractivity contribution in [3.63, 3.8) is 0 Å². The monoisotopic (exact) mass is 316 g/mol. The van der Waals surface area contributed by atoms with Gasteiger partial charge in [0.05, 0.1) is 0 Å². The van der Waals surface area contributed by atoms with Gasteiger partial charge in [0.1, 0.15) is 0 Å². The molecule has 3 aliphatic rings. The van der Waals surface area contributed by atoms with E-state index < -0.39 is 0 Å². The van der Waals surface area contributed by atoms with Crippen molar-refractivity contribution in [1.29, 1.82) is 0 Å². The van der Waals surface area contributed by atoms with Gasteiger partial charge in [-0.2, -0.15) is 0 Å². The van der Waals surface area contributed by atoms with Crippen molar-refractivity contribution in [2.45, 2.75) is 45.4 Å². The second-order valence-electron chi connectivity index (χ2n) is 5.83. The molecule has 0 heterocycles. The molecule has 0 aromatic heterocycles. The highest BCUT2D eigenvalue weighted by Crippen LogP contribution is 2.57. The Hall–Kier alpha value is 0.470. The van der Waals surface area contributed by atoms with E-state index >= 15 is 0 Å². The first-order valence-electron chi connectivity index (χ1n) is 6.55. The number of alkyl halides is 1. The summed E-state index contributed by atoms with van der Waals surface area (Å²) in [6.07, 6.45) is 8.96. The molecular weight excluding hydrogens is 295 g/mol. The van der Waals surface area contributed by atoms with Gasteiger partial charge in [-0.25, -0.2) is 0 Å². The molecule has 3 aliphatic carbocycles. The number of halogens is 1. The van der Waals surface area contributed by atoms with E-state index in [1.807, 2.05) is 5.57 Å². The summed E-state index contributed by atoms with van der Waals surface area (Å²) >= 11 is 2.61. The zero-order valence-electron chi connectivity index (χ0n) is 9.64. The zero-order valence-corrected chi connectivity index (χ0v) is 11.8. The van der Waals surface area contributed by atoms with Crippen molar-refractivity contribution in [3.8, 4) is 0 Å². The quantitative estimate of drug-likeness (QED) is 0.406. The van der Waals surface area contributed by atoms with Crippen molar-refractivity contribution in [1.82, 2.24) is 0 Å². The van der Waals surface area contributed by atoms with E-state index in [9.17, 15) is 0 Å². The van der Waals surface area contributed by atoms with Gasteiger partial charge in [-0.1, -0.05) is 53.0 Å². The van der Waals surface area contributed by atoms with Gasteiger partial charge in [0.25, 0.3) is 0 Å². The van der Waals surface area contributed by atoms with Gasteiger partial charge in [-0.3, -0.25) is 0 Å². The summed E-state index contributed by atoms with van der Waals surface area (Å²) in [5.41, 5.74) is 3.63. The third-order valence-electron chi connectivity index (χ3n) is 5.22. The molecule has 2 fully saturated rings. The SMILES string of the molecule is CC1=C(C2CC(CI)C2C2CCC2)CC1. The maximum atomic E-state index is 2.61. The van der Waals surface area contributed by atoms with Crippen molar-refractivity contribution in [2.24, 2.45) is 23.7 Å². The van der Waals surface area contributed by atoms with Crippen LogP contribution in [0.3, 0.4) is 0 Å². The highest BCUT2D eigenvalue weighted by Gasteiger charge is 2.48. The maximum Gasteiger partial charge on any atom is 0.00268 e. The van der Waals surface area contributed by atoms with Crippen LogP contribution in [0.1, 0.15) is 45.4 Å². The van der Waals surface area contributed by atoms with Crippen LogP contribution in [0.25, 0.3) is 0 Å². The molecule has 0 spiro atoms. The lowest BCUT2D eigenvalue weighted by Crippen LogP contribution is -2.46. The van der Waals surface area contributed by atoms with Crippen LogP contribution in [-0.2, 0) is 0 Å². The number of hydrogen-bond acceptors (Lipinski definition) is 0. The van der Waals surface area contributed by atoms with Gasteiger partial charge < -0.3 is 0 Å². The van der Waals surface area contributed by atoms with Crippen LogP contribution in [-0.4, -0.2) is 4.43 Å². The molecule has 0 aliphatic heterocycles. The molecule has 0 radical (unpaired) electrons. The molecule has 0 saturated heterocycles.